The number of amides is 1. The van der Waals surface area contributed by atoms with Gasteiger partial charge in [-0.3, -0.25) is 14.9 Å². The highest BCUT2D eigenvalue weighted by Gasteiger charge is 2.26. The molecule has 1 aliphatic heterocycles. The summed E-state index contributed by atoms with van der Waals surface area (Å²) in [6, 6.07) is 6.18. The lowest BCUT2D eigenvalue weighted by Gasteiger charge is -2.15. The first-order valence-electron chi connectivity index (χ1n) is 5.33. The maximum absolute atomic E-state index is 11.5. The average Bonchev–Trinajstić information content (AvgIpc) is 2.58. The van der Waals surface area contributed by atoms with Crippen LogP contribution in [0.3, 0.4) is 0 Å². The van der Waals surface area contributed by atoms with Crippen molar-refractivity contribution < 1.29 is 9.72 Å². The summed E-state index contributed by atoms with van der Waals surface area (Å²) in [6.45, 7) is 0.899. The highest BCUT2D eigenvalue weighted by Crippen LogP contribution is 2.17. The number of nitrogens with two attached hydrogens (primary N) is 1. The minimum absolute atomic E-state index is 0.00371. The molecule has 0 bridgehead atoms. The van der Waals surface area contributed by atoms with Crippen LogP contribution in [0.5, 0.6) is 0 Å². The highest BCUT2D eigenvalue weighted by atomic mass is 16.6. The third kappa shape index (κ3) is 2.59. The summed E-state index contributed by atoms with van der Waals surface area (Å²) in [4.78, 5) is 23.3. The molecule has 6 heteroatoms. The third-order valence-corrected chi connectivity index (χ3v) is 2.74. The van der Waals surface area contributed by atoms with Crippen LogP contribution in [0, 0.1) is 10.1 Å². The summed E-state index contributed by atoms with van der Waals surface area (Å²) < 4.78 is 0. The summed E-state index contributed by atoms with van der Waals surface area (Å²) in [7, 11) is 0. The molecular weight excluding hydrogens is 222 g/mol. The standard InChI is InChI=1S/C11H13N3O3/c12-9-5-11(15)13(7-9)6-8-2-1-3-10(4-8)14(16)17/h1-4,9H,5-7,12H2. The van der Waals surface area contributed by atoms with E-state index in [9.17, 15) is 14.9 Å². The summed E-state index contributed by atoms with van der Waals surface area (Å²) in [5.74, 6) is 0.00371. The Morgan fingerprint density at radius 3 is 2.88 bits per heavy atom. The molecule has 0 saturated carbocycles. The molecule has 2 N–H and O–H groups in total. The van der Waals surface area contributed by atoms with Crippen molar-refractivity contribution in [1.82, 2.24) is 4.90 Å². The smallest absolute Gasteiger partial charge is 0.269 e. The van der Waals surface area contributed by atoms with E-state index in [1.165, 1.54) is 12.1 Å². The van der Waals surface area contributed by atoms with Gasteiger partial charge in [0.25, 0.3) is 5.69 Å². The van der Waals surface area contributed by atoms with Crippen molar-refractivity contribution in [2.45, 2.75) is 19.0 Å². The molecule has 0 spiro atoms. The average molecular weight is 235 g/mol. The van der Waals surface area contributed by atoms with E-state index in [1.54, 1.807) is 17.0 Å². The van der Waals surface area contributed by atoms with Gasteiger partial charge >= 0.3 is 0 Å². The normalized spacial score (nSPS) is 19.7. The number of hydrogen-bond acceptors (Lipinski definition) is 4. The molecule has 1 unspecified atom stereocenters. The number of carbonyl (C=O) groups is 1. The Hall–Kier alpha value is -1.95. The molecule has 6 nitrogen and oxygen atoms in total. The van der Waals surface area contributed by atoms with E-state index in [1.807, 2.05) is 0 Å². The predicted molar refractivity (Wildman–Crippen MR) is 61.1 cm³/mol. The quantitative estimate of drug-likeness (QED) is 0.615. The number of non-ortho nitro benzene ring substituents is 1. The molecule has 1 heterocycles. The number of hydrogen-bond donors (Lipinski definition) is 1. The molecule has 17 heavy (non-hydrogen) atoms. The number of carbonyl (C=O) groups excluding carboxylic acids is 1. The van der Waals surface area contributed by atoms with Crippen molar-refractivity contribution >= 4 is 11.6 Å². The van der Waals surface area contributed by atoms with Crippen molar-refractivity contribution in [3.05, 3.63) is 39.9 Å². The molecule has 1 saturated heterocycles. The van der Waals surface area contributed by atoms with Crippen LogP contribution in [0.25, 0.3) is 0 Å². The number of likely N-dealkylation sites (tertiary alicyclic amines) is 1. The second kappa shape index (κ2) is 4.50. The summed E-state index contributed by atoms with van der Waals surface area (Å²) >= 11 is 0. The van der Waals surface area contributed by atoms with Crippen molar-refractivity contribution in [3.63, 3.8) is 0 Å². The Kier molecular flexibility index (Phi) is 3.06. The first-order chi connectivity index (χ1) is 8.06. The van der Waals surface area contributed by atoms with Crippen LogP contribution in [0.1, 0.15) is 12.0 Å². The molecule has 1 atom stereocenters. The lowest BCUT2D eigenvalue weighted by Crippen LogP contribution is -2.27. The zero-order valence-corrected chi connectivity index (χ0v) is 9.20. The van der Waals surface area contributed by atoms with E-state index in [-0.39, 0.29) is 17.6 Å². The van der Waals surface area contributed by atoms with E-state index in [2.05, 4.69) is 0 Å². The van der Waals surface area contributed by atoms with Gasteiger partial charge in [-0.15, -0.1) is 0 Å². The Bertz CT molecular complexity index is 461. The molecule has 0 aliphatic carbocycles. The molecule has 0 aromatic heterocycles. The Balaban J connectivity index is 2.11. The second-order valence-electron chi connectivity index (χ2n) is 4.17. The van der Waals surface area contributed by atoms with Gasteiger partial charge < -0.3 is 10.6 Å². The fourth-order valence-corrected chi connectivity index (χ4v) is 1.94. The van der Waals surface area contributed by atoms with Crippen LogP contribution in [0.15, 0.2) is 24.3 Å². The maximum Gasteiger partial charge on any atom is 0.269 e. The van der Waals surface area contributed by atoms with Crippen molar-refractivity contribution in [3.8, 4) is 0 Å². The summed E-state index contributed by atoms with van der Waals surface area (Å²) in [5, 5.41) is 10.6. The molecule has 1 amide bonds. The van der Waals surface area contributed by atoms with Crippen LogP contribution in [0.4, 0.5) is 5.69 Å². The first-order valence-corrected chi connectivity index (χ1v) is 5.33. The molecule has 1 aromatic rings. The van der Waals surface area contributed by atoms with Gasteiger partial charge in [-0.25, -0.2) is 0 Å². The lowest BCUT2D eigenvalue weighted by atomic mass is 10.2. The fourth-order valence-electron chi connectivity index (χ4n) is 1.94. The number of nitro groups is 1. The van der Waals surface area contributed by atoms with E-state index in [0.717, 1.165) is 5.56 Å². The Morgan fingerprint density at radius 2 is 2.29 bits per heavy atom. The van der Waals surface area contributed by atoms with Crippen molar-refractivity contribution in [2.24, 2.45) is 5.73 Å². The monoisotopic (exact) mass is 235 g/mol. The van der Waals surface area contributed by atoms with Gasteiger partial charge in [0.2, 0.25) is 5.91 Å². The van der Waals surface area contributed by atoms with Gasteiger partial charge in [0.15, 0.2) is 0 Å². The second-order valence-corrected chi connectivity index (χ2v) is 4.17. The molecular formula is C11H13N3O3. The summed E-state index contributed by atoms with van der Waals surface area (Å²) in [6.07, 6.45) is 0.356. The first kappa shape index (κ1) is 11.5. The van der Waals surface area contributed by atoms with Gasteiger partial charge in [-0.05, 0) is 5.56 Å². The van der Waals surface area contributed by atoms with Crippen molar-refractivity contribution in [1.29, 1.82) is 0 Å². The van der Waals surface area contributed by atoms with Gasteiger partial charge in [-0.2, -0.15) is 0 Å². The molecule has 1 fully saturated rings. The van der Waals surface area contributed by atoms with Crippen LogP contribution in [0.2, 0.25) is 0 Å². The zero-order valence-electron chi connectivity index (χ0n) is 9.20. The van der Waals surface area contributed by atoms with Gasteiger partial charge in [0.1, 0.15) is 0 Å². The number of nitrogens with zero attached hydrogens (tertiary/aromatic N) is 2. The minimum atomic E-state index is -0.443. The van der Waals surface area contributed by atoms with Crippen molar-refractivity contribution in [2.75, 3.05) is 6.54 Å². The van der Waals surface area contributed by atoms with E-state index in [0.29, 0.717) is 19.5 Å². The minimum Gasteiger partial charge on any atom is -0.337 e. The predicted octanol–water partition coefficient (Wildman–Crippen LogP) is 0.654. The van der Waals surface area contributed by atoms with E-state index in [4.69, 9.17) is 5.73 Å². The Labute approximate surface area is 98.2 Å². The van der Waals surface area contributed by atoms with Gasteiger partial charge in [0, 0.05) is 37.7 Å². The molecule has 0 radical (unpaired) electrons. The highest BCUT2D eigenvalue weighted by molar-refractivity contribution is 5.79. The molecule has 2 rings (SSSR count). The topological polar surface area (TPSA) is 89.5 Å². The van der Waals surface area contributed by atoms with Crippen LogP contribution in [-0.2, 0) is 11.3 Å². The lowest BCUT2D eigenvalue weighted by molar-refractivity contribution is -0.384. The van der Waals surface area contributed by atoms with Crippen LogP contribution < -0.4 is 5.73 Å². The SMILES string of the molecule is NC1CC(=O)N(Cc2cccc([N+](=O)[O-])c2)C1. The largest absolute Gasteiger partial charge is 0.337 e. The molecule has 1 aromatic carbocycles. The number of rotatable bonds is 3. The Morgan fingerprint density at radius 1 is 1.53 bits per heavy atom. The number of benzene rings is 1. The third-order valence-electron chi connectivity index (χ3n) is 2.74. The van der Waals surface area contributed by atoms with Gasteiger partial charge in [-0.1, -0.05) is 12.1 Å². The zero-order chi connectivity index (χ0) is 12.4. The van der Waals surface area contributed by atoms with Crippen LogP contribution >= 0.6 is 0 Å². The van der Waals surface area contributed by atoms with E-state index < -0.39 is 4.92 Å². The van der Waals surface area contributed by atoms with Gasteiger partial charge in [0.05, 0.1) is 4.92 Å². The molecule has 90 valence electrons. The maximum atomic E-state index is 11.5. The van der Waals surface area contributed by atoms with E-state index >= 15 is 0 Å². The van der Waals surface area contributed by atoms with Crippen LogP contribution in [-0.4, -0.2) is 28.3 Å². The molecule has 1 aliphatic rings. The number of nitro benzene ring substituents is 1. The summed E-state index contributed by atoms with van der Waals surface area (Å²) in [5.41, 5.74) is 6.47. The fraction of sp³-hybridized carbons (Fsp3) is 0.364.